The molecule has 1 aromatic heterocycles. The normalized spacial score (nSPS) is 14.4. The van der Waals surface area contributed by atoms with Crippen molar-refractivity contribution in [2.24, 2.45) is 0 Å². The van der Waals surface area contributed by atoms with Crippen molar-refractivity contribution in [2.75, 3.05) is 41.8 Å². The highest BCUT2D eigenvalue weighted by Crippen LogP contribution is 2.30. The Kier molecular flexibility index (Phi) is 5.00. The van der Waals surface area contributed by atoms with Crippen LogP contribution in [-0.4, -0.2) is 41.7 Å². The Labute approximate surface area is 163 Å². The molecular weight excluding hydrogens is 418 g/mol. The number of nitrogens with zero attached hydrogens (tertiary/aromatic N) is 3. The summed E-state index contributed by atoms with van der Waals surface area (Å²) >= 11 is 8.82. The van der Waals surface area contributed by atoms with Crippen LogP contribution in [0, 0.1) is 0 Å². The van der Waals surface area contributed by atoms with Gasteiger partial charge in [-0.1, -0.05) is 15.9 Å². The Morgan fingerprint density at radius 1 is 1.00 bits per heavy atom. The van der Waals surface area contributed by atoms with E-state index in [9.17, 15) is 0 Å². The molecular formula is C17H16BrN5O2S. The molecule has 134 valence electrons. The summed E-state index contributed by atoms with van der Waals surface area (Å²) in [5, 5.41) is 14.9. The van der Waals surface area contributed by atoms with Crippen LogP contribution in [-0.2, 0) is 4.74 Å². The van der Waals surface area contributed by atoms with Gasteiger partial charge in [-0.05, 0) is 58.9 Å². The molecule has 0 amide bonds. The van der Waals surface area contributed by atoms with Crippen molar-refractivity contribution in [1.29, 1.82) is 0 Å². The molecule has 2 aromatic carbocycles. The van der Waals surface area contributed by atoms with Crippen molar-refractivity contribution in [3.8, 4) is 0 Å². The van der Waals surface area contributed by atoms with E-state index in [0.29, 0.717) is 29.4 Å². The summed E-state index contributed by atoms with van der Waals surface area (Å²) in [6.07, 6.45) is 0. The average Bonchev–Trinajstić information content (AvgIpc) is 3.15. The van der Waals surface area contributed by atoms with E-state index >= 15 is 0 Å². The van der Waals surface area contributed by atoms with Gasteiger partial charge in [0.2, 0.25) is 0 Å². The summed E-state index contributed by atoms with van der Waals surface area (Å²) in [6.45, 7) is 3.04. The Morgan fingerprint density at radius 2 is 1.73 bits per heavy atom. The third-order valence-electron chi connectivity index (χ3n) is 4.10. The van der Waals surface area contributed by atoms with Gasteiger partial charge >= 0.3 is 0 Å². The number of ether oxygens (including phenoxy) is 1. The van der Waals surface area contributed by atoms with Crippen molar-refractivity contribution in [3.05, 3.63) is 40.9 Å². The van der Waals surface area contributed by atoms with Crippen molar-refractivity contribution in [3.63, 3.8) is 0 Å². The van der Waals surface area contributed by atoms with E-state index in [2.05, 4.69) is 41.8 Å². The SMILES string of the molecule is S=C(Nc1ccc(Br)cc1)Nc1ccc(N2CCOCC2)c2nonc12. The molecule has 0 atom stereocenters. The number of nitrogens with one attached hydrogen (secondary N) is 2. The number of aromatic nitrogens is 2. The number of benzene rings is 2. The fourth-order valence-electron chi connectivity index (χ4n) is 2.83. The number of morpholine rings is 1. The van der Waals surface area contributed by atoms with Crippen LogP contribution in [0.1, 0.15) is 0 Å². The van der Waals surface area contributed by atoms with E-state index in [1.807, 2.05) is 36.4 Å². The van der Waals surface area contributed by atoms with E-state index in [1.165, 1.54) is 0 Å². The maximum absolute atomic E-state index is 5.41. The van der Waals surface area contributed by atoms with Crippen LogP contribution in [0.25, 0.3) is 11.0 Å². The number of rotatable bonds is 3. The lowest BCUT2D eigenvalue weighted by Crippen LogP contribution is -2.36. The summed E-state index contributed by atoms with van der Waals surface area (Å²) in [7, 11) is 0. The first kappa shape index (κ1) is 17.2. The number of hydrogen-bond donors (Lipinski definition) is 2. The minimum Gasteiger partial charge on any atom is -0.378 e. The average molecular weight is 434 g/mol. The summed E-state index contributed by atoms with van der Waals surface area (Å²) in [6, 6.07) is 11.7. The van der Waals surface area contributed by atoms with Gasteiger partial charge < -0.3 is 20.3 Å². The first-order valence-electron chi connectivity index (χ1n) is 8.12. The van der Waals surface area contributed by atoms with Crippen molar-refractivity contribution in [2.45, 2.75) is 0 Å². The molecule has 4 rings (SSSR count). The highest BCUT2D eigenvalue weighted by molar-refractivity contribution is 9.10. The van der Waals surface area contributed by atoms with E-state index in [1.54, 1.807) is 0 Å². The third-order valence-corrected chi connectivity index (χ3v) is 4.83. The lowest BCUT2D eigenvalue weighted by Gasteiger charge is -2.28. The van der Waals surface area contributed by atoms with Gasteiger partial charge in [0.05, 0.1) is 24.6 Å². The molecule has 0 saturated carbocycles. The maximum Gasteiger partial charge on any atom is 0.175 e. The van der Waals surface area contributed by atoms with Gasteiger partial charge in [-0.2, -0.15) is 0 Å². The van der Waals surface area contributed by atoms with E-state index in [4.69, 9.17) is 21.6 Å². The molecule has 0 aliphatic carbocycles. The number of halogens is 1. The highest BCUT2D eigenvalue weighted by Gasteiger charge is 2.19. The Bertz CT molecular complexity index is 925. The van der Waals surface area contributed by atoms with E-state index < -0.39 is 0 Å². The quantitative estimate of drug-likeness (QED) is 0.606. The fourth-order valence-corrected chi connectivity index (χ4v) is 3.32. The maximum atomic E-state index is 5.41. The van der Waals surface area contributed by atoms with Crippen molar-refractivity contribution >= 4 is 61.4 Å². The molecule has 1 fully saturated rings. The molecule has 3 aromatic rings. The molecule has 7 nitrogen and oxygen atoms in total. The molecule has 26 heavy (non-hydrogen) atoms. The van der Waals surface area contributed by atoms with Crippen LogP contribution >= 0.6 is 28.1 Å². The first-order chi connectivity index (χ1) is 12.7. The van der Waals surface area contributed by atoms with Gasteiger partial charge in [-0.25, -0.2) is 4.63 Å². The topological polar surface area (TPSA) is 75.5 Å². The number of anilines is 3. The Hall–Kier alpha value is -2.23. The molecule has 1 aliphatic rings. The predicted molar refractivity (Wildman–Crippen MR) is 109 cm³/mol. The Morgan fingerprint density at radius 3 is 2.50 bits per heavy atom. The van der Waals surface area contributed by atoms with Crippen LogP contribution in [0.3, 0.4) is 0 Å². The van der Waals surface area contributed by atoms with Gasteiger partial charge in [-0.15, -0.1) is 0 Å². The molecule has 9 heteroatoms. The highest BCUT2D eigenvalue weighted by atomic mass is 79.9. The largest absolute Gasteiger partial charge is 0.378 e. The predicted octanol–water partition coefficient (Wildman–Crippen LogP) is 3.63. The molecule has 2 N–H and O–H groups in total. The van der Waals surface area contributed by atoms with Gasteiger partial charge in [0.15, 0.2) is 16.1 Å². The van der Waals surface area contributed by atoms with Gasteiger partial charge in [0.25, 0.3) is 0 Å². The zero-order valence-electron chi connectivity index (χ0n) is 13.7. The van der Waals surface area contributed by atoms with Crippen LogP contribution in [0.15, 0.2) is 45.5 Å². The molecule has 1 aliphatic heterocycles. The molecule has 0 spiro atoms. The van der Waals surface area contributed by atoms with Gasteiger partial charge in [-0.3, -0.25) is 0 Å². The minimum absolute atomic E-state index is 0.468. The molecule has 2 heterocycles. The summed E-state index contributed by atoms with van der Waals surface area (Å²) < 4.78 is 11.4. The lowest BCUT2D eigenvalue weighted by atomic mass is 10.2. The van der Waals surface area contributed by atoms with E-state index in [0.717, 1.165) is 34.6 Å². The van der Waals surface area contributed by atoms with Crippen LogP contribution in [0.4, 0.5) is 17.1 Å². The van der Waals surface area contributed by atoms with Crippen LogP contribution < -0.4 is 15.5 Å². The smallest absolute Gasteiger partial charge is 0.175 e. The summed E-state index contributed by atoms with van der Waals surface area (Å²) in [5.74, 6) is 0. The number of hydrogen-bond acceptors (Lipinski definition) is 6. The Balaban J connectivity index is 1.54. The lowest BCUT2D eigenvalue weighted by molar-refractivity contribution is 0.123. The zero-order chi connectivity index (χ0) is 17.9. The van der Waals surface area contributed by atoms with Crippen LogP contribution in [0.2, 0.25) is 0 Å². The third kappa shape index (κ3) is 3.64. The fraction of sp³-hybridized carbons (Fsp3) is 0.235. The summed E-state index contributed by atoms with van der Waals surface area (Å²) in [4.78, 5) is 2.22. The van der Waals surface area contributed by atoms with Crippen molar-refractivity contribution in [1.82, 2.24) is 10.3 Å². The first-order valence-corrected chi connectivity index (χ1v) is 9.32. The summed E-state index contributed by atoms with van der Waals surface area (Å²) in [5.41, 5.74) is 3.98. The monoisotopic (exact) mass is 433 g/mol. The molecule has 0 bridgehead atoms. The number of thiocarbonyl (C=S) groups is 1. The second kappa shape index (κ2) is 7.56. The second-order valence-electron chi connectivity index (χ2n) is 5.78. The molecule has 1 saturated heterocycles. The minimum atomic E-state index is 0.468. The van der Waals surface area contributed by atoms with Gasteiger partial charge in [0, 0.05) is 23.2 Å². The van der Waals surface area contributed by atoms with E-state index in [-0.39, 0.29) is 0 Å². The van der Waals surface area contributed by atoms with Gasteiger partial charge in [0.1, 0.15) is 0 Å². The zero-order valence-corrected chi connectivity index (χ0v) is 16.1. The molecule has 0 unspecified atom stereocenters. The standard InChI is InChI=1S/C17H16BrN5O2S/c18-11-1-3-12(4-2-11)19-17(26)20-13-5-6-14(16-15(13)21-25-22-16)23-7-9-24-10-8-23/h1-6H,7-10H2,(H2,19,20,26). The van der Waals surface area contributed by atoms with Crippen molar-refractivity contribution < 1.29 is 9.37 Å². The number of fused-ring (bicyclic) bond motifs is 1. The van der Waals surface area contributed by atoms with Crippen LogP contribution in [0.5, 0.6) is 0 Å². The molecule has 0 radical (unpaired) electrons. The second-order valence-corrected chi connectivity index (χ2v) is 7.10.